The van der Waals surface area contributed by atoms with Crippen LogP contribution in [0.3, 0.4) is 0 Å². The van der Waals surface area contributed by atoms with Crippen molar-refractivity contribution in [2.75, 3.05) is 31.6 Å². The molecule has 0 aromatic rings. The van der Waals surface area contributed by atoms with Gasteiger partial charge in [0.05, 0.1) is 6.04 Å². The molecule has 16 N–H and O–H groups in total. The number of nitrogens with one attached hydrogen (secondary N) is 3. The largest absolute Gasteiger partial charge is 0.480 e. The second-order valence-corrected chi connectivity index (χ2v) is 10.1. The van der Waals surface area contributed by atoms with Crippen LogP contribution >= 0.6 is 11.8 Å². The van der Waals surface area contributed by atoms with Gasteiger partial charge in [-0.15, -0.1) is 0 Å². The molecule has 4 atom stereocenters. The maximum atomic E-state index is 13.3. The van der Waals surface area contributed by atoms with E-state index >= 15 is 0 Å². The van der Waals surface area contributed by atoms with Crippen molar-refractivity contribution >= 4 is 47.4 Å². The summed E-state index contributed by atoms with van der Waals surface area (Å²) in [6.45, 7) is 0.913. The van der Waals surface area contributed by atoms with Crippen LogP contribution in [-0.2, 0) is 19.2 Å². The lowest BCUT2D eigenvalue weighted by atomic mass is 10.1. The Balaban J connectivity index is 5.52. The summed E-state index contributed by atoms with van der Waals surface area (Å²) in [5.41, 5.74) is 32.7. The van der Waals surface area contributed by atoms with Crippen LogP contribution in [0.1, 0.15) is 51.4 Å². The van der Waals surface area contributed by atoms with E-state index in [0.717, 1.165) is 0 Å². The predicted molar refractivity (Wildman–Crippen MR) is 157 cm³/mol. The van der Waals surface area contributed by atoms with Gasteiger partial charge in [0.1, 0.15) is 18.1 Å². The van der Waals surface area contributed by atoms with Gasteiger partial charge in [-0.2, -0.15) is 11.8 Å². The Labute approximate surface area is 239 Å². The number of unbranched alkanes of at least 4 members (excludes halogenated alkanes) is 1. The number of amides is 3. The zero-order chi connectivity index (χ0) is 30.5. The minimum Gasteiger partial charge on any atom is -0.480 e. The van der Waals surface area contributed by atoms with E-state index in [9.17, 15) is 24.3 Å². The van der Waals surface area contributed by atoms with Crippen LogP contribution in [0.2, 0.25) is 0 Å². The van der Waals surface area contributed by atoms with Crippen LogP contribution < -0.4 is 50.4 Å². The molecule has 230 valence electrons. The minimum absolute atomic E-state index is 0.0687. The van der Waals surface area contributed by atoms with Gasteiger partial charge >= 0.3 is 5.97 Å². The number of hydrogen-bond donors (Lipinski definition) is 10. The summed E-state index contributed by atoms with van der Waals surface area (Å²) in [4.78, 5) is 58.4. The van der Waals surface area contributed by atoms with E-state index in [1.165, 1.54) is 11.8 Å². The maximum Gasteiger partial charge on any atom is 0.326 e. The molecular formula is C23H47N11O5S. The van der Waals surface area contributed by atoms with Gasteiger partial charge in [-0.3, -0.25) is 24.4 Å². The molecule has 0 aliphatic carbocycles. The standard InChI is InChI=1S/C23H47N11O5S/c1-40-13-9-16(20(37)34-17(21(38)39)7-2-3-10-24)33-19(36)15(8-5-12-31-23(28)29)32-18(35)14(25)6-4-11-30-22(26)27/h14-17H,2-13,24-25H2,1H3,(H,32,35)(H,33,36)(H,34,37)(H,38,39)(H4,26,27,30)(H4,28,29,31). The zero-order valence-corrected chi connectivity index (χ0v) is 24.0. The SMILES string of the molecule is CSCCC(NC(=O)C(CCCN=C(N)N)NC(=O)C(N)CCCN=C(N)N)C(=O)NC(CCCCN)C(=O)O. The molecule has 0 aromatic carbocycles. The number of aliphatic imine (C=N–C) groups is 2. The Hall–Kier alpha value is -3.31. The molecule has 0 saturated carbocycles. The van der Waals surface area contributed by atoms with Crippen molar-refractivity contribution in [3.05, 3.63) is 0 Å². The van der Waals surface area contributed by atoms with Crippen LogP contribution in [0.15, 0.2) is 9.98 Å². The lowest BCUT2D eigenvalue weighted by Gasteiger charge is -2.25. The van der Waals surface area contributed by atoms with Crippen molar-refractivity contribution in [2.45, 2.75) is 75.5 Å². The number of nitrogens with two attached hydrogens (primary N) is 6. The van der Waals surface area contributed by atoms with E-state index in [1.54, 1.807) is 0 Å². The Morgan fingerprint density at radius 1 is 0.725 bits per heavy atom. The van der Waals surface area contributed by atoms with E-state index in [0.29, 0.717) is 44.5 Å². The average Bonchev–Trinajstić information content (AvgIpc) is 2.89. The number of guanidine groups is 2. The molecule has 0 aliphatic heterocycles. The molecule has 0 radical (unpaired) electrons. The molecule has 3 amide bonds. The topological polar surface area (TPSA) is 305 Å². The highest BCUT2D eigenvalue weighted by Gasteiger charge is 2.30. The van der Waals surface area contributed by atoms with Crippen molar-refractivity contribution < 1.29 is 24.3 Å². The van der Waals surface area contributed by atoms with Crippen LogP contribution in [0, 0.1) is 0 Å². The highest BCUT2D eigenvalue weighted by molar-refractivity contribution is 7.98. The molecule has 4 unspecified atom stereocenters. The quantitative estimate of drug-likeness (QED) is 0.0340. The number of carboxylic acids is 1. The van der Waals surface area contributed by atoms with Crippen LogP contribution in [-0.4, -0.2) is 96.5 Å². The van der Waals surface area contributed by atoms with Crippen LogP contribution in [0.5, 0.6) is 0 Å². The first-order valence-electron chi connectivity index (χ1n) is 13.1. The molecule has 0 aromatic heterocycles. The van der Waals surface area contributed by atoms with Gasteiger partial charge in [0.15, 0.2) is 11.9 Å². The van der Waals surface area contributed by atoms with Gasteiger partial charge in [0.2, 0.25) is 17.7 Å². The third-order valence-electron chi connectivity index (χ3n) is 5.69. The first kappa shape index (κ1) is 36.7. The van der Waals surface area contributed by atoms with E-state index in [2.05, 4.69) is 25.9 Å². The molecule has 0 rings (SSSR count). The highest BCUT2D eigenvalue weighted by Crippen LogP contribution is 2.07. The molecular weight excluding hydrogens is 542 g/mol. The van der Waals surface area contributed by atoms with Crippen molar-refractivity contribution in [3.8, 4) is 0 Å². The summed E-state index contributed by atoms with van der Waals surface area (Å²) in [5.74, 6) is -2.67. The lowest BCUT2D eigenvalue weighted by molar-refractivity contribution is -0.142. The fourth-order valence-corrected chi connectivity index (χ4v) is 3.97. The van der Waals surface area contributed by atoms with E-state index in [4.69, 9.17) is 34.4 Å². The van der Waals surface area contributed by atoms with E-state index in [1.807, 2.05) is 6.26 Å². The number of aliphatic carboxylic acids is 1. The number of nitrogens with zero attached hydrogens (tertiary/aromatic N) is 2. The Morgan fingerprint density at radius 2 is 1.20 bits per heavy atom. The van der Waals surface area contributed by atoms with Gasteiger partial charge in [0.25, 0.3) is 0 Å². The second kappa shape index (κ2) is 21.5. The van der Waals surface area contributed by atoms with Crippen molar-refractivity contribution in [1.82, 2.24) is 16.0 Å². The monoisotopic (exact) mass is 589 g/mol. The van der Waals surface area contributed by atoms with Crippen molar-refractivity contribution in [3.63, 3.8) is 0 Å². The summed E-state index contributed by atoms with van der Waals surface area (Å²) in [5, 5.41) is 17.3. The van der Waals surface area contributed by atoms with Crippen molar-refractivity contribution in [1.29, 1.82) is 0 Å². The second-order valence-electron chi connectivity index (χ2n) is 9.09. The fourth-order valence-electron chi connectivity index (χ4n) is 3.50. The van der Waals surface area contributed by atoms with Crippen LogP contribution in [0.4, 0.5) is 0 Å². The Morgan fingerprint density at radius 3 is 1.70 bits per heavy atom. The van der Waals surface area contributed by atoms with Crippen LogP contribution in [0.25, 0.3) is 0 Å². The third-order valence-corrected chi connectivity index (χ3v) is 6.33. The van der Waals surface area contributed by atoms with Gasteiger partial charge in [-0.1, -0.05) is 0 Å². The summed E-state index contributed by atoms with van der Waals surface area (Å²) < 4.78 is 0. The first-order valence-corrected chi connectivity index (χ1v) is 14.5. The third kappa shape index (κ3) is 17.3. The predicted octanol–water partition coefficient (Wildman–Crippen LogP) is -3.16. The first-order chi connectivity index (χ1) is 18.9. The number of hydrogen-bond acceptors (Lipinski definition) is 9. The molecule has 16 nitrogen and oxygen atoms in total. The lowest BCUT2D eigenvalue weighted by Crippen LogP contribution is -2.57. The smallest absolute Gasteiger partial charge is 0.326 e. The summed E-state index contributed by atoms with van der Waals surface area (Å²) in [7, 11) is 0. The van der Waals surface area contributed by atoms with E-state index in [-0.39, 0.29) is 44.1 Å². The summed E-state index contributed by atoms with van der Waals surface area (Å²) >= 11 is 1.46. The maximum absolute atomic E-state index is 13.3. The number of thioether (sulfide) groups is 1. The van der Waals surface area contributed by atoms with Gasteiger partial charge in [-0.05, 0) is 69.9 Å². The van der Waals surface area contributed by atoms with Gasteiger partial charge < -0.3 is 55.5 Å². The number of rotatable bonds is 22. The average molecular weight is 590 g/mol. The highest BCUT2D eigenvalue weighted by atomic mass is 32.2. The molecule has 0 fully saturated rings. The number of carbonyl (C=O) groups is 4. The van der Waals surface area contributed by atoms with Gasteiger partial charge in [-0.25, -0.2) is 4.79 Å². The number of carboxylic acid groups (broad SMARTS) is 1. The van der Waals surface area contributed by atoms with E-state index < -0.39 is 47.9 Å². The molecule has 17 heteroatoms. The fraction of sp³-hybridized carbons (Fsp3) is 0.739. The van der Waals surface area contributed by atoms with Crippen molar-refractivity contribution in [2.24, 2.45) is 44.4 Å². The normalized spacial score (nSPS) is 13.7. The molecule has 0 heterocycles. The molecule has 40 heavy (non-hydrogen) atoms. The number of carbonyl (C=O) groups excluding carboxylic acids is 3. The summed E-state index contributed by atoms with van der Waals surface area (Å²) in [6.07, 6.45) is 4.63. The summed E-state index contributed by atoms with van der Waals surface area (Å²) in [6, 6.07) is -4.13. The minimum atomic E-state index is -1.18. The van der Waals surface area contributed by atoms with Gasteiger partial charge in [0, 0.05) is 13.1 Å². The molecule has 0 aliphatic rings. The molecule has 0 bridgehead atoms. The Kier molecular flexibility index (Phi) is 19.7. The zero-order valence-electron chi connectivity index (χ0n) is 23.1. The Bertz CT molecular complexity index is 851. The molecule has 0 saturated heterocycles. The molecule has 0 spiro atoms.